The van der Waals surface area contributed by atoms with Gasteiger partial charge in [-0.2, -0.15) is 0 Å². The Morgan fingerprint density at radius 1 is 1.22 bits per heavy atom. The number of nitrogens with zero attached hydrogens (tertiary/aromatic N) is 1. The topological polar surface area (TPSA) is 73.6 Å². The molecule has 0 aliphatic carbocycles. The highest BCUT2D eigenvalue weighted by Gasteiger charge is 2.41. The van der Waals surface area contributed by atoms with E-state index in [0.717, 1.165) is 0 Å². The van der Waals surface area contributed by atoms with Crippen molar-refractivity contribution in [3.8, 4) is 0 Å². The zero-order valence-corrected chi connectivity index (χ0v) is 13.9. The van der Waals surface area contributed by atoms with E-state index in [0.29, 0.717) is 12.2 Å². The van der Waals surface area contributed by atoms with E-state index in [1.54, 1.807) is 6.21 Å². The van der Waals surface area contributed by atoms with E-state index in [4.69, 9.17) is 15.9 Å². The zero-order valence-electron chi connectivity index (χ0n) is 12.9. The van der Waals surface area contributed by atoms with Crippen LogP contribution in [0.25, 0.3) is 0 Å². The second-order valence-electron chi connectivity index (χ2n) is 6.76. The Kier molecular flexibility index (Phi) is 5.62. The molecule has 106 valence electrons. The second kappa shape index (κ2) is 5.89. The first-order valence-electron chi connectivity index (χ1n) is 6.29. The number of nitrogens with two attached hydrogens (primary N) is 2. The Bertz CT molecular complexity index is 328. The van der Waals surface area contributed by atoms with Crippen LogP contribution in [0.1, 0.15) is 34.6 Å². The Balaban J connectivity index is 4.63. The molecule has 0 spiro atoms. The zero-order chi connectivity index (χ0) is 14.6. The van der Waals surface area contributed by atoms with Crippen LogP contribution in [0.2, 0.25) is 18.1 Å². The molecule has 0 unspecified atom stereocenters. The van der Waals surface area contributed by atoms with E-state index >= 15 is 0 Å². The van der Waals surface area contributed by atoms with E-state index in [9.17, 15) is 0 Å². The molecule has 0 bridgehead atoms. The second-order valence-corrected chi connectivity index (χ2v) is 11.5. The fourth-order valence-electron chi connectivity index (χ4n) is 1.29. The third kappa shape index (κ3) is 5.69. The minimum atomic E-state index is -1.77. The van der Waals surface area contributed by atoms with Crippen LogP contribution in [0.5, 0.6) is 0 Å². The predicted molar refractivity (Wildman–Crippen MR) is 82.2 cm³/mol. The van der Waals surface area contributed by atoms with Gasteiger partial charge in [-0.1, -0.05) is 20.8 Å². The molecule has 4 N–H and O–H groups in total. The van der Waals surface area contributed by atoms with Crippen LogP contribution in [0.4, 0.5) is 0 Å². The molecule has 0 fully saturated rings. The number of aliphatic imine (C=N–C) groups is 1. The monoisotopic (exact) mass is 271 g/mol. The van der Waals surface area contributed by atoms with E-state index in [1.807, 2.05) is 0 Å². The van der Waals surface area contributed by atoms with Gasteiger partial charge in [-0.25, -0.2) is 0 Å². The molecule has 0 aliphatic rings. The third-order valence-corrected chi connectivity index (χ3v) is 7.92. The molecule has 0 heterocycles. The van der Waals surface area contributed by atoms with Gasteiger partial charge in [-0.3, -0.25) is 4.99 Å². The molecule has 0 aromatic heterocycles. The van der Waals surface area contributed by atoms with Crippen LogP contribution in [-0.2, 0) is 4.43 Å². The summed E-state index contributed by atoms with van der Waals surface area (Å²) in [7, 11) is -1.77. The van der Waals surface area contributed by atoms with E-state index < -0.39 is 8.32 Å². The number of hydrogen-bond donors (Lipinski definition) is 2. The third-order valence-electron chi connectivity index (χ3n) is 3.24. The number of allylic oxidation sites excluding steroid dienone is 1. The molecule has 0 aromatic rings. The van der Waals surface area contributed by atoms with Crippen molar-refractivity contribution in [2.45, 2.75) is 58.4 Å². The van der Waals surface area contributed by atoms with Crippen molar-refractivity contribution >= 4 is 14.5 Å². The molecule has 0 radical (unpaired) electrons. The Morgan fingerprint density at radius 2 is 1.72 bits per heavy atom. The van der Waals surface area contributed by atoms with Gasteiger partial charge >= 0.3 is 0 Å². The highest BCUT2D eigenvalue weighted by molar-refractivity contribution is 6.74. The fourth-order valence-corrected chi connectivity index (χ4v) is 3.04. The summed E-state index contributed by atoms with van der Waals surface area (Å²) in [4.78, 5) is 4.28. The SMILES string of the molecule is CC(C)(CN=C/C(N)=C\N)O[Si](C)(C)C(C)(C)C. The van der Waals surface area contributed by atoms with Crippen LogP contribution in [0.15, 0.2) is 16.9 Å². The molecule has 0 atom stereocenters. The highest BCUT2D eigenvalue weighted by Crippen LogP contribution is 2.39. The van der Waals surface area contributed by atoms with Gasteiger partial charge in [0.2, 0.25) is 0 Å². The van der Waals surface area contributed by atoms with Crippen molar-refractivity contribution in [1.29, 1.82) is 0 Å². The summed E-state index contributed by atoms with van der Waals surface area (Å²) in [5, 5.41) is 0.199. The van der Waals surface area contributed by atoms with E-state index in [2.05, 4.69) is 52.7 Å². The fraction of sp³-hybridized carbons (Fsp3) is 0.769. The lowest BCUT2D eigenvalue weighted by Crippen LogP contribution is -2.48. The summed E-state index contributed by atoms with van der Waals surface area (Å²) in [6.45, 7) is 15.9. The van der Waals surface area contributed by atoms with Gasteiger partial charge in [-0.15, -0.1) is 0 Å². The van der Waals surface area contributed by atoms with Crippen LogP contribution < -0.4 is 11.5 Å². The smallest absolute Gasteiger partial charge is 0.192 e. The minimum absolute atomic E-state index is 0.199. The van der Waals surface area contributed by atoms with Crippen LogP contribution in [0, 0.1) is 0 Å². The Labute approximate surface area is 113 Å². The van der Waals surface area contributed by atoms with Gasteiger partial charge in [-0.05, 0) is 32.0 Å². The van der Waals surface area contributed by atoms with Gasteiger partial charge in [0.05, 0.1) is 17.8 Å². The van der Waals surface area contributed by atoms with Crippen LogP contribution in [0.3, 0.4) is 0 Å². The maximum Gasteiger partial charge on any atom is 0.192 e. The quantitative estimate of drug-likeness (QED) is 0.596. The van der Waals surface area contributed by atoms with Gasteiger partial charge in [0.1, 0.15) is 0 Å². The van der Waals surface area contributed by atoms with Crippen molar-refractivity contribution in [2.24, 2.45) is 16.5 Å². The first kappa shape index (κ1) is 17.2. The molecule has 18 heavy (non-hydrogen) atoms. The summed E-state index contributed by atoms with van der Waals surface area (Å²) < 4.78 is 6.34. The summed E-state index contributed by atoms with van der Waals surface area (Å²) in [6, 6.07) is 0. The van der Waals surface area contributed by atoms with Gasteiger partial charge in [0.25, 0.3) is 0 Å². The molecule has 0 rings (SSSR count). The van der Waals surface area contributed by atoms with E-state index in [1.165, 1.54) is 6.20 Å². The summed E-state index contributed by atoms with van der Waals surface area (Å²) in [5.41, 5.74) is 11.0. The standard InChI is InChI=1S/C13H29N3OSi/c1-12(2,3)18(6,7)17-13(4,5)10-16-9-11(15)8-14/h8-9H,10,14-15H2,1-7H3/b11-8+,16-9?. The lowest BCUT2D eigenvalue weighted by molar-refractivity contribution is 0.101. The van der Waals surface area contributed by atoms with Gasteiger partial charge < -0.3 is 15.9 Å². The molecule has 0 aliphatic heterocycles. The lowest BCUT2D eigenvalue weighted by atomic mass is 10.1. The molecule has 0 amide bonds. The average Bonchev–Trinajstić information content (AvgIpc) is 2.13. The normalized spacial score (nSPS) is 15.4. The van der Waals surface area contributed by atoms with Crippen molar-refractivity contribution in [2.75, 3.05) is 6.54 Å². The van der Waals surface area contributed by atoms with Crippen molar-refractivity contribution in [1.82, 2.24) is 0 Å². The van der Waals surface area contributed by atoms with Crippen molar-refractivity contribution < 1.29 is 4.43 Å². The van der Waals surface area contributed by atoms with Gasteiger partial charge in [0, 0.05) is 12.4 Å². The van der Waals surface area contributed by atoms with Crippen LogP contribution >= 0.6 is 0 Å². The molecule has 0 saturated carbocycles. The first-order valence-corrected chi connectivity index (χ1v) is 9.19. The molecule has 4 nitrogen and oxygen atoms in total. The molecule has 0 aromatic carbocycles. The number of rotatable bonds is 5. The Morgan fingerprint density at radius 3 is 2.11 bits per heavy atom. The van der Waals surface area contributed by atoms with Crippen LogP contribution in [-0.4, -0.2) is 26.7 Å². The maximum atomic E-state index is 6.34. The van der Waals surface area contributed by atoms with Crippen molar-refractivity contribution in [3.05, 3.63) is 11.9 Å². The van der Waals surface area contributed by atoms with Crippen molar-refractivity contribution in [3.63, 3.8) is 0 Å². The molecule has 5 heteroatoms. The molecule has 0 saturated heterocycles. The summed E-state index contributed by atoms with van der Waals surface area (Å²) in [5.74, 6) is 0. The maximum absolute atomic E-state index is 6.34. The predicted octanol–water partition coefficient (Wildman–Crippen LogP) is 2.62. The van der Waals surface area contributed by atoms with Gasteiger partial charge in [0.15, 0.2) is 8.32 Å². The summed E-state index contributed by atoms with van der Waals surface area (Å²) >= 11 is 0. The Hall–Kier alpha value is -0.813. The number of hydrogen-bond acceptors (Lipinski definition) is 4. The summed E-state index contributed by atoms with van der Waals surface area (Å²) in [6.07, 6.45) is 2.92. The highest BCUT2D eigenvalue weighted by atomic mass is 28.4. The lowest BCUT2D eigenvalue weighted by Gasteiger charge is -2.42. The molecular weight excluding hydrogens is 242 g/mol. The molecular formula is C13H29N3OSi. The van der Waals surface area contributed by atoms with E-state index in [-0.39, 0.29) is 10.6 Å². The first-order chi connectivity index (χ1) is 7.91. The largest absolute Gasteiger partial charge is 0.410 e. The average molecular weight is 271 g/mol. The minimum Gasteiger partial charge on any atom is -0.410 e.